The Kier molecular flexibility index (Phi) is 5.11. The van der Waals surface area contributed by atoms with Crippen LogP contribution in [0.25, 0.3) is 0 Å². The molecule has 0 atom stereocenters. The fourth-order valence-electron chi connectivity index (χ4n) is 1.35. The number of hydrogen-bond donors (Lipinski definition) is 0. The van der Waals surface area contributed by atoms with E-state index in [2.05, 4.69) is 10.1 Å². The summed E-state index contributed by atoms with van der Waals surface area (Å²) in [5.74, 6) is -0.292. The molecule has 1 amide bonds. The molecule has 0 unspecified atom stereocenters. The second-order valence-electron chi connectivity index (χ2n) is 3.94. The molecule has 0 radical (unpaired) electrons. The van der Waals surface area contributed by atoms with Gasteiger partial charge < -0.3 is 4.90 Å². The lowest BCUT2D eigenvalue weighted by atomic mass is 10.2. The molecular weight excluding hydrogens is 249 g/mol. The first kappa shape index (κ1) is 14.5. The van der Waals surface area contributed by atoms with Gasteiger partial charge in [0.15, 0.2) is 0 Å². The molecule has 18 heavy (non-hydrogen) atoms. The number of alkyl halides is 3. The van der Waals surface area contributed by atoms with Gasteiger partial charge in [-0.05, 0) is 6.42 Å². The van der Waals surface area contributed by atoms with E-state index in [1.807, 2.05) is 0 Å². The highest BCUT2D eigenvalue weighted by Gasteiger charge is 2.27. The normalized spacial score (nSPS) is 11.6. The molecule has 0 spiro atoms. The van der Waals surface area contributed by atoms with Gasteiger partial charge in [0.25, 0.3) is 0 Å². The Bertz CT molecular complexity index is 364. The first-order valence-corrected chi connectivity index (χ1v) is 5.51. The molecule has 0 aromatic carbocycles. The lowest BCUT2D eigenvalue weighted by Crippen LogP contribution is -2.30. The minimum atomic E-state index is -4.23. The Balaban J connectivity index is 2.19. The van der Waals surface area contributed by atoms with Gasteiger partial charge in [-0.3, -0.25) is 9.48 Å². The predicted octanol–water partition coefficient (Wildman–Crippen LogP) is 1.47. The molecule has 1 aromatic heterocycles. The molecule has 0 aliphatic carbocycles. The maximum Gasteiger partial charge on any atom is 0.390 e. The lowest BCUT2D eigenvalue weighted by molar-refractivity contribution is -0.144. The summed E-state index contributed by atoms with van der Waals surface area (Å²) in [6.07, 6.45) is -1.56. The quantitative estimate of drug-likeness (QED) is 0.781. The summed E-state index contributed by atoms with van der Waals surface area (Å²) in [6, 6.07) is 0. The van der Waals surface area contributed by atoms with Crippen LogP contribution in [0.1, 0.15) is 19.3 Å². The summed E-state index contributed by atoms with van der Waals surface area (Å²) in [4.78, 5) is 16.4. The van der Waals surface area contributed by atoms with Crippen LogP contribution in [-0.2, 0) is 11.3 Å². The summed E-state index contributed by atoms with van der Waals surface area (Å²) < 4.78 is 37.5. The fraction of sp³-hybridized carbons (Fsp3) is 0.700. The van der Waals surface area contributed by atoms with E-state index in [-0.39, 0.29) is 18.9 Å². The fourth-order valence-corrected chi connectivity index (χ4v) is 1.35. The zero-order valence-corrected chi connectivity index (χ0v) is 10.0. The number of carbonyl (C=O) groups is 1. The maximum atomic E-state index is 12.0. The molecule has 1 heterocycles. The van der Waals surface area contributed by atoms with E-state index in [4.69, 9.17) is 0 Å². The molecule has 1 rings (SSSR count). The van der Waals surface area contributed by atoms with Gasteiger partial charge in [0.1, 0.15) is 12.7 Å². The number of aryl methyl sites for hydroxylation is 1. The molecule has 1 aromatic rings. The van der Waals surface area contributed by atoms with Crippen molar-refractivity contribution in [3.8, 4) is 0 Å². The Hall–Kier alpha value is -1.60. The average molecular weight is 264 g/mol. The SMILES string of the molecule is CN(CCC(F)(F)F)C(=O)CCCn1cncn1. The van der Waals surface area contributed by atoms with Crippen molar-refractivity contribution < 1.29 is 18.0 Å². The first-order chi connectivity index (χ1) is 8.38. The molecule has 8 heteroatoms. The summed E-state index contributed by atoms with van der Waals surface area (Å²) in [5.41, 5.74) is 0. The van der Waals surface area contributed by atoms with Crippen molar-refractivity contribution in [2.24, 2.45) is 0 Å². The maximum absolute atomic E-state index is 12.0. The third-order valence-electron chi connectivity index (χ3n) is 2.40. The van der Waals surface area contributed by atoms with Crippen LogP contribution in [0.2, 0.25) is 0 Å². The van der Waals surface area contributed by atoms with Crippen molar-refractivity contribution in [1.82, 2.24) is 19.7 Å². The van der Waals surface area contributed by atoms with Crippen LogP contribution in [-0.4, -0.2) is 45.3 Å². The highest BCUT2D eigenvalue weighted by Crippen LogP contribution is 2.19. The Labute approximate surface area is 103 Å². The molecule has 0 bridgehead atoms. The highest BCUT2D eigenvalue weighted by atomic mass is 19.4. The van der Waals surface area contributed by atoms with Crippen LogP contribution < -0.4 is 0 Å². The van der Waals surface area contributed by atoms with Crippen molar-refractivity contribution in [3.63, 3.8) is 0 Å². The molecule has 0 aliphatic heterocycles. The molecule has 5 nitrogen and oxygen atoms in total. The van der Waals surface area contributed by atoms with Gasteiger partial charge in [-0.15, -0.1) is 0 Å². The van der Waals surface area contributed by atoms with Gasteiger partial charge in [0, 0.05) is 26.6 Å². The van der Waals surface area contributed by atoms with Gasteiger partial charge in [0.05, 0.1) is 6.42 Å². The van der Waals surface area contributed by atoms with E-state index in [9.17, 15) is 18.0 Å². The molecule has 102 valence electrons. The van der Waals surface area contributed by atoms with E-state index in [1.165, 1.54) is 19.7 Å². The average Bonchev–Trinajstić information content (AvgIpc) is 2.77. The number of rotatable bonds is 6. The number of nitrogens with zero attached hydrogens (tertiary/aromatic N) is 4. The number of carbonyl (C=O) groups excluding carboxylic acids is 1. The van der Waals surface area contributed by atoms with E-state index in [0.29, 0.717) is 13.0 Å². The highest BCUT2D eigenvalue weighted by molar-refractivity contribution is 5.75. The predicted molar refractivity (Wildman–Crippen MR) is 57.6 cm³/mol. The van der Waals surface area contributed by atoms with Crippen molar-refractivity contribution in [2.45, 2.75) is 32.0 Å². The Morgan fingerprint density at radius 1 is 1.44 bits per heavy atom. The summed E-state index contributed by atoms with van der Waals surface area (Å²) in [5, 5.41) is 3.86. The number of aromatic nitrogens is 3. The van der Waals surface area contributed by atoms with Crippen LogP contribution in [0.3, 0.4) is 0 Å². The summed E-state index contributed by atoms with van der Waals surface area (Å²) in [7, 11) is 1.38. The van der Waals surface area contributed by atoms with Gasteiger partial charge in [-0.2, -0.15) is 18.3 Å². The molecule has 0 aliphatic rings. The van der Waals surface area contributed by atoms with E-state index in [0.717, 1.165) is 4.90 Å². The van der Waals surface area contributed by atoms with Crippen LogP contribution >= 0.6 is 0 Å². The smallest absolute Gasteiger partial charge is 0.345 e. The Morgan fingerprint density at radius 3 is 2.72 bits per heavy atom. The zero-order valence-electron chi connectivity index (χ0n) is 10.0. The monoisotopic (exact) mass is 264 g/mol. The van der Waals surface area contributed by atoms with E-state index >= 15 is 0 Å². The van der Waals surface area contributed by atoms with Crippen molar-refractivity contribution >= 4 is 5.91 Å². The van der Waals surface area contributed by atoms with Crippen LogP contribution in [0.5, 0.6) is 0 Å². The second kappa shape index (κ2) is 6.36. The van der Waals surface area contributed by atoms with Crippen molar-refractivity contribution in [2.75, 3.05) is 13.6 Å². The molecular formula is C10H15F3N4O. The molecule has 0 fully saturated rings. The standard InChI is InChI=1S/C10H15F3N4O/c1-16(6-4-10(11,12)13)9(18)3-2-5-17-8-14-7-15-17/h7-8H,2-6H2,1H3. The summed E-state index contributed by atoms with van der Waals surface area (Å²) >= 11 is 0. The molecule has 0 saturated carbocycles. The number of amides is 1. The molecule has 0 N–H and O–H groups in total. The van der Waals surface area contributed by atoms with Gasteiger partial charge in [-0.25, -0.2) is 4.98 Å². The van der Waals surface area contributed by atoms with Crippen LogP contribution in [0.15, 0.2) is 12.7 Å². The zero-order chi connectivity index (χ0) is 13.6. The van der Waals surface area contributed by atoms with Crippen LogP contribution in [0.4, 0.5) is 13.2 Å². The lowest BCUT2D eigenvalue weighted by Gasteiger charge is -2.18. The van der Waals surface area contributed by atoms with Gasteiger partial charge >= 0.3 is 6.18 Å². The van der Waals surface area contributed by atoms with Crippen LogP contribution in [0, 0.1) is 0 Å². The first-order valence-electron chi connectivity index (χ1n) is 5.51. The molecule has 0 saturated heterocycles. The minimum Gasteiger partial charge on any atom is -0.345 e. The van der Waals surface area contributed by atoms with Crippen molar-refractivity contribution in [3.05, 3.63) is 12.7 Å². The second-order valence-corrected chi connectivity index (χ2v) is 3.94. The number of hydrogen-bond acceptors (Lipinski definition) is 3. The number of halogens is 3. The van der Waals surface area contributed by atoms with Crippen molar-refractivity contribution in [1.29, 1.82) is 0 Å². The van der Waals surface area contributed by atoms with Gasteiger partial charge in [-0.1, -0.05) is 0 Å². The minimum absolute atomic E-state index is 0.203. The summed E-state index contributed by atoms with van der Waals surface area (Å²) in [6.45, 7) is 0.227. The Morgan fingerprint density at radius 2 is 2.17 bits per heavy atom. The van der Waals surface area contributed by atoms with E-state index < -0.39 is 12.6 Å². The third kappa shape index (κ3) is 5.65. The largest absolute Gasteiger partial charge is 0.390 e. The topological polar surface area (TPSA) is 51.0 Å². The third-order valence-corrected chi connectivity index (χ3v) is 2.40. The van der Waals surface area contributed by atoms with Gasteiger partial charge in [0.2, 0.25) is 5.91 Å². The van der Waals surface area contributed by atoms with E-state index in [1.54, 1.807) is 4.68 Å².